The van der Waals surface area contributed by atoms with Gasteiger partial charge in [0.05, 0.1) is 0 Å². The average molecular weight is 155 g/mol. The van der Waals surface area contributed by atoms with Crippen LogP contribution >= 0.6 is 0 Å². The third-order valence-corrected chi connectivity index (χ3v) is 3.07. The fourth-order valence-corrected chi connectivity index (χ4v) is 2.28. The second-order valence-electron chi connectivity index (χ2n) is 4.49. The van der Waals surface area contributed by atoms with E-state index >= 15 is 0 Å². The Bertz CT molecular complexity index is 120. The van der Waals surface area contributed by atoms with Crippen LogP contribution in [0.2, 0.25) is 0 Å². The third-order valence-electron chi connectivity index (χ3n) is 3.07. The zero-order valence-corrected chi connectivity index (χ0v) is 8.01. The Hall–Kier alpha value is -0.0400. The Balaban J connectivity index is 2.44. The van der Waals surface area contributed by atoms with Gasteiger partial charge in [-0.2, -0.15) is 0 Å². The van der Waals surface area contributed by atoms with Crippen molar-refractivity contribution in [2.24, 2.45) is 23.5 Å². The summed E-state index contributed by atoms with van der Waals surface area (Å²) in [5, 5.41) is 0. The van der Waals surface area contributed by atoms with Gasteiger partial charge in [-0.25, -0.2) is 0 Å². The van der Waals surface area contributed by atoms with E-state index in [0.29, 0.717) is 6.04 Å². The summed E-state index contributed by atoms with van der Waals surface area (Å²) in [6.45, 7) is 6.90. The molecule has 1 aliphatic rings. The SMILES string of the molecule is CC(C)C1CC[C@H](C)CC1N. The molecule has 2 N–H and O–H groups in total. The molecular formula is C10H21N. The molecule has 0 aromatic rings. The van der Waals surface area contributed by atoms with E-state index in [2.05, 4.69) is 20.8 Å². The fraction of sp³-hybridized carbons (Fsp3) is 1.00. The summed E-state index contributed by atoms with van der Waals surface area (Å²) in [4.78, 5) is 0. The lowest BCUT2D eigenvalue weighted by molar-refractivity contribution is 0.199. The van der Waals surface area contributed by atoms with Crippen molar-refractivity contribution in [1.82, 2.24) is 0 Å². The van der Waals surface area contributed by atoms with E-state index in [9.17, 15) is 0 Å². The quantitative estimate of drug-likeness (QED) is 0.618. The molecule has 66 valence electrons. The molecule has 1 rings (SSSR count). The van der Waals surface area contributed by atoms with Crippen molar-refractivity contribution >= 4 is 0 Å². The second kappa shape index (κ2) is 3.57. The Morgan fingerprint density at radius 3 is 2.36 bits per heavy atom. The summed E-state index contributed by atoms with van der Waals surface area (Å²) >= 11 is 0. The van der Waals surface area contributed by atoms with Crippen LogP contribution in [0.25, 0.3) is 0 Å². The fourth-order valence-electron chi connectivity index (χ4n) is 2.28. The first-order valence-corrected chi connectivity index (χ1v) is 4.87. The predicted octanol–water partition coefficient (Wildman–Crippen LogP) is 2.41. The van der Waals surface area contributed by atoms with Gasteiger partial charge in [0.1, 0.15) is 0 Å². The molecule has 0 radical (unpaired) electrons. The molecule has 0 bridgehead atoms. The molecule has 0 amide bonds. The van der Waals surface area contributed by atoms with E-state index in [1.165, 1.54) is 19.3 Å². The smallest absolute Gasteiger partial charge is 0.00721 e. The average Bonchev–Trinajstić information content (AvgIpc) is 1.85. The second-order valence-corrected chi connectivity index (χ2v) is 4.49. The monoisotopic (exact) mass is 155 g/mol. The number of nitrogens with two attached hydrogens (primary N) is 1. The highest BCUT2D eigenvalue weighted by Gasteiger charge is 2.27. The molecule has 2 unspecified atom stereocenters. The molecule has 0 heterocycles. The lowest BCUT2D eigenvalue weighted by atomic mass is 9.74. The Morgan fingerprint density at radius 1 is 1.27 bits per heavy atom. The minimum absolute atomic E-state index is 0.471. The molecule has 1 nitrogen and oxygen atoms in total. The summed E-state index contributed by atoms with van der Waals surface area (Å²) in [5.41, 5.74) is 6.07. The van der Waals surface area contributed by atoms with Crippen molar-refractivity contribution in [1.29, 1.82) is 0 Å². The molecule has 0 aromatic heterocycles. The zero-order valence-electron chi connectivity index (χ0n) is 8.01. The minimum Gasteiger partial charge on any atom is -0.327 e. The maximum Gasteiger partial charge on any atom is 0.00721 e. The summed E-state index contributed by atoms with van der Waals surface area (Å²) in [5.74, 6) is 2.42. The number of hydrogen-bond acceptors (Lipinski definition) is 1. The van der Waals surface area contributed by atoms with Gasteiger partial charge in [0.2, 0.25) is 0 Å². The van der Waals surface area contributed by atoms with Crippen LogP contribution < -0.4 is 5.73 Å². The Kier molecular flexibility index (Phi) is 2.94. The summed E-state index contributed by atoms with van der Waals surface area (Å²) in [6, 6.07) is 0.471. The van der Waals surface area contributed by atoms with Crippen LogP contribution in [0.1, 0.15) is 40.0 Å². The first-order chi connectivity index (χ1) is 5.11. The molecule has 0 aliphatic heterocycles. The van der Waals surface area contributed by atoms with Crippen LogP contribution in [0.15, 0.2) is 0 Å². The highest BCUT2D eigenvalue weighted by Crippen LogP contribution is 2.31. The molecule has 1 saturated carbocycles. The van der Waals surface area contributed by atoms with E-state index in [1.54, 1.807) is 0 Å². The predicted molar refractivity (Wildman–Crippen MR) is 49.3 cm³/mol. The van der Waals surface area contributed by atoms with Crippen LogP contribution in [0.3, 0.4) is 0 Å². The van der Waals surface area contributed by atoms with Gasteiger partial charge >= 0.3 is 0 Å². The normalized spacial score (nSPS) is 39.5. The van der Waals surface area contributed by atoms with Crippen LogP contribution in [0.4, 0.5) is 0 Å². The number of rotatable bonds is 1. The molecule has 0 aromatic carbocycles. The van der Waals surface area contributed by atoms with E-state index in [-0.39, 0.29) is 0 Å². The highest BCUT2D eigenvalue weighted by molar-refractivity contribution is 4.82. The van der Waals surface area contributed by atoms with Gasteiger partial charge in [-0.05, 0) is 30.6 Å². The lowest BCUT2D eigenvalue weighted by Gasteiger charge is -2.34. The van der Waals surface area contributed by atoms with Crippen LogP contribution in [0.5, 0.6) is 0 Å². The van der Waals surface area contributed by atoms with E-state index in [1.807, 2.05) is 0 Å². The van der Waals surface area contributed by atoms with Crippen molar-refractivity contribution < 1.29 is 0 Å². The van der Waals surface area contributed by atoms with Crippen LogP contribution in [-0.2, 0) is 0 Å². The van der Waals surface area contributed by atoms with Crippen molar-refractivity contribution in [3.8, 4) is 0 Å². The molecule has 11 heavy (non-hydrogen) atoms. The molecule has 1 fully saturated rings. The van der Waals surface area contributed by atoms with Crippen LogP contribution in [-0.4, -0.2) is 6.04 Å². The maximum absolute atomic E-state index is 6.07. The summed E-state index contributed by atoms with van der Waals surface area (Å²) < 4.78 is 0. The Labute approximate surface area is 70.4 Å². The van der Waals surface area contributed by atoms with Crippen molar-refractivity contribution in [3.63, 3.8) is 0 Å². The van der Waals surface area contributed by atoms with Gasteiger partial charge in [0.25, 0.3) is 0 Å². The van der Waals surface area contributed by atoms with Crippen molar-refractivity contribution in [2.45, 2.75) is 46.1 Å². The van der Waals surface area contributed by atoms with Gasteiger partial charge in [-0.3, -0.25) is 0 Å². The maximum atomic E-state index is 6.07. The van der Waals surface area contributed by atoms with Gasteiger partial charge < -0.3 is 5.73 Å². The van der Waals surface area contributed by atoms with Crippen LogP contribution in [0, 0.1) is 17.8 Å². The highest BCUT2D eigenvalue weighted by atomic mass is 14.7. The largest absolute Gasteiger partial charge is 0.327 e. The van der Waals surface area contributed by atoms with Crippen molar-refractivity contribution in [3.05, 3.63) is 0 Å². The van der Waals surface area contributed by atoms with E-state index < -0.39 is 0 Å². The topological polar surface area (TPSA) is 26.0 Å². The summed E-state index contributed by atoms with van der Waals surface area (Å²) in [7, 11) is 0. The Morgan fingerprint density at radius 2 is 1.91 bits per heavy atom. The van der Waals surface area contributed by atoms with Gasteiger partial charge in [-0.15, -0.1) is 0 Å². The lowest BCUT2D eigenvalue weighted by Crippen LogP contribution is -2.38. The molecule has 1 heteroatoms. The summed E-state index contributed by atoms with van der Waals surface area (Å²) in [6.07, 6.45) is 3.97. The number of hydrogen-bond donors (Lipinski definition) is 1. The third kappa shape index (κ3) is 2.19. The van der Waals surface area contributed by atoms with Gasteiger partial charge in [0, 0.05) is 6.04 Å². The van der Waals surface area contributed by atoms with Gasteiger partial charge in [0.15, 0.2) is 0 Å². The first-order valence-electron chi connectivity index (χ1n) is 4.87. The molecule has 3 atom stereocenters. The van der Waals surface area contributed by atoms with E-state index in [0.717, 1.165) is 17.8 Å². The van der Waals surface area contributed by atoms with Crippen molar-refractivity contribution in [2.75, 3.05) is 0 Å². The minimum atomic E-state index is 0.471. The van der Waals surface area contributed by atoms with E-state index in [4.69, 9.17) is 5.73 Å². The first kappa shape index (κ1) is 9.05. The zero-order chi connectivity index (χ0) is 8.43. The molecule has 0 spiro atoms. The molecule has 1 aliphatic carbocycles. The van der Waals surface area contributed by atoms with Gasteiger partial charge in [-0.1, -0.05) is 27.2 Å². The molecular weight excluding hydrogens is 134 g/mol. The standard InChI is InChI=1S/C10H21N/c1-7(2)9-5-4-8(3)6-10(9)11/h7-10H,4-6,11H2,1-3H3/t8-,9?,10?/m0/s1. The molecule has 0 saturated heterocycles.